The second kappa shape index (κ2) is 10.8. The standard InChI is InChI=1S/C28H27N5O7/c1-4-39-28(36)21-14-20-24(29-23-17(3)7-5-11-31(23)27(20)35)32(15-19-8-6-12-40-19)25(21)30-26(34)18-10-9-16(2)22(13-18)33(37)38/h5,7,9-11,13-14,19H,4,6,8,12,15H2,1-3H3/t19-/m1/s1. The minimum atomic E-state index is -0.803. The third-order valence-corrected chi connectivity index (χ3v) is 6.87. The number of nitro benzene ring substituents is 1. The third kappa shape index (κ3) is 4.89. The first-order valence-electron chi connectivity index (χ1n) is 12.9. The summed E-state index contributed by atoms with van der Waals surface area (Å²) in [5.41, 5.74) is 0.949. The van der Waals surface area contributed by atoms with E-state index >= 15 is 0 Å². The minimum absolute atomic E-state index is 0.0294. The number of hydrogen-bond donors (Lipinski definition) is 0. The summed E-state index contributed by atoms with van der Waals surface area (Å²) in [7, 11) is 0. The Kier molecular flexibility index (Phi) is 7.26. The van der Waals surface area contributed by atoms with Crippen molar-refractivity contribution in [2.24, 2.45) is 4.99 Å². The fourth-order valence-corrected chi connectivity index (χ4v) is 4.83. The van der Waals surface area contributed by atoms with Gasteiger partial charge >= 0.3 is 5.97 Å². The Morgan fingerprint density at radius 1 is 1.20 bits per heavy atom. The summed E-state index contributed by atoms with van der Waals surface area (Å²) < 4.78 is 14.1. The first-order valence-corrected chi connectivity index (χ1v) is 12.9. The van der Waals surface area contributed by atoms with Crippen molar-refractivity contribution in [2.45, 2.75) is 46.3 Å². The number of carbonyl (C=O) groups excluding carboxylic acids is 2. The Morgan fingerprint density at radius 3 is 2.70 bits per heavy atom. The number of aromatic nitrogens is 3. The number of benzene rings is 1. The molecule has 4 heterocycles. The summed E-state index contributed by atoms with van der Waals surface area (Å²) in [6, 6.07) is 8.94. The van der Waals surface area contributed by atoms with E-state index in [2.05, 4.69) is 4.99 Å². The summed E-state index contributed by atoms with van der Waals surface area (Å²) in [6.45, 7) is 5.80. The van der Waals surface area contributed by atoms with Gasteiger partial charge in [-0.1, -0.05) is 12.1 Å². The zero-order valence-electron chi connectivity index (χ0n) is 22.2. The molecule has 0 N–H and O–H groups in total. The van der Waals surface area contributed by atoms with Crippen LogP contribution in [0.5, 0.6) is 0 Å². The molecule has 0 saturated carbocycles. The highest BCUT2D eigenvalue weighted by Crippen LogP contribution is 2.21. The van der Waals surface area contributed by atoms with Crippen molar-refractivity contribution >= 4 is 34.2 Å². The number of carbonyl (C=O) groups is 2. The molecule has 0 bridgehead atoms. The lowest BCUT2D eigenvalue weighted by Gasteiger charge is -2.18. The van der Waals surface area contributed by atoms with E-state index in [-0.39, 0.29) is 52.6 Å². The SMILES string of the molecule is CCOC(=O)c1cc2c(=O)n3cccc(C)c3nc2n(C[C@H]2CCCO2)c1=NC(=O)c1ccc(C)c([N+](=O)[O-])c1. The van der Waals surface area contributed by atoms with Crippen LogP contribution in [-0.4, -0.2) is 50.1 Å². The predicted octanol–water partition coefficient (Wildman–Crippen LogP) is 3.27. The number of pyridine rings is 2. The van der Waals surface area contributed by atoms with E-state index in [9.17, 15) is 24.5 Å². The van der Waals surface area contributed by atoms with E-state index in [1.54, 1.807) is 30.7 Å². The summed E-state index contributed by atoms with van der Waals surface area (Å²) in [5.74, 6) is -1.58. The molecule has 1 amide bonds. The average Bonchev–Trinajstić information content (AvgIpc) is 3.44. The molecule has 12 nitrogen and oxygen atoms in total. The second-order valence-corrected chi connectivity index (χ2v) is 9.56. The Balaban J connectivity index is 1.86. The molecule has 1 fully saturated rings. The predicted molar refractivity (Wildman–Crippen MR) is 144 cm³/mol. The van der Waals surface area contributed by atoms with Crippen LogP contribution < -0.4 is 11.0 Å². The van der Waals surface area contributed by atoms with Gasteiger partial charge in [-0.15, -0.1) is 0 Å². The molecule has 1 aromatic carbocycles. The first kappa shape index (κ1) is 26.9. The van der Waals surface area contributed by atoms with Gasteiger partial charge in [0.1, 0.15) is 16.9 Å². The summed E-state index contributed by atoms with van der Waals surface area (Å²) >= 11 is 0. The molecule has 1 atom stereocenters. The van der Waals surface area contributed by atoms with Crippen molar-refractivity contribution in [3.63, 3.8) is 0 Å². The van der Waals surface area contributed by atoms with Crippen LogP contribution in [0, 0.1) is 24.0 Å². The molecular weight excluding hydrogens is 518 g/mol. The number of ether oxygens (including phenoxy) is 2. The normalized spacial score (nSPS) is 15.6. The van der Waals surface area contributed by atoms with E-state index in [0.717, 1.165) is 24.5 Å². The van der Waals surface area contributed by atoms with Crippen molar-refractivity contribution in [3.8, 4) is 0 Å². The number of amides is 1. The number of nitro groups is 1. The van der Waals surface area contributed by atoms with Gasteiger partial charge in [0.15, 0.2) is 5.49 Å². The van der Waals surface area contributed by atoms with E-state index in [0.29, 0.717) is 17.8 Å². The molecule has 1 aliphatic rings. The number of aryl methyl sites for hydroxylation is 2. The van der Waals surface area contributed by atoms with Gasteiger partial charge in [-0.2, -0.15) is 4.99 Å². The van der Waals surface area contributed by atoms with E-state index in [4.69, 9.17) is 14.5 Å². The van der Waals surface area contributed by atoms with Crippen LogP contribution in [0.25, 0.3) is 16.7 Å². The smallest absolute Gasteiger partial charge is 0.341 e. The van der Waals surface area contributed by atoms with Gasteiger partial charge in [-0.05, 0) is 57.4 Å². The van der Waals surface area contributed by atoms with Gasteiger partial charge in [-0.25, -0.2) is 9.78 Å². The fraction of sp³-hybridized carbons (Fsp3) is 0.321. The number of rotatable bonds is 6. The topological polar surface area (TPSA) is 147 Å². The van der Waals surface area contributed by atoms with Crippen LogP contribution in [0.2, 0.25) is 0 Å². The van der Waals surface area contributed by atoms with Gasteiger partial charge in [0.2, 0.25) is 0 Å². The maximum Gasteiger partial charge on any atom is 0.341 e. The minimum Gasteiger partial charge on any atom is -0.462 e. The number of nitrogens with zero attached hydrogens (tertiary/aromatic N) is 5. The van der Waals surface area contributed by atoms with Crippen LogP contribution in [0.1, 0.15) is 51.6 Å². The van der Waals surface area contributed by atoms with Gasteiger partial charge in [0.25, 0.3) is 17.2 Å². The monoisotopic (exact) mass is 545 g/mol. The summed E-state index contributed by atoms with van der Waals surface area (Å²) in [6.07, 6.45) is 2.88. The molecule has 3 aromatic heterocycles. The molecule has 0 radical (unpaired) electrons. The molecule has 4 aromatic rings. The number of fused-ring (bicyclic) bond motifs is 2. The van der Waals surface area contributed by atoms with Crippen LogP contribution in [0.3, 0.4) is 0 Å². The molecule has 12 heteroatoms. The molecule has 1 saturated heterocycles. The zero-order valence-corrected chi connectivity index (χ0v) is 22.2. The maximum atomic E-state index is 13.6. The Hall–Kier alpha value is -4.71. The summed E-state index contributed by atoms with van der Waals surface area (Å²) in [4.78, 5) is 60.2. The lowest BCUT2D eigenvalue weighted by Crippen LogP contribution is -2.35. The maximum absolute atomic E-state index is 13.6. The third-order valence-electron chi connectivity index (χ3n) is 6.87. The molecular formula is C28H27N5O7. The van der Waals surface area contributed by atoms with Crippen molar-refractivity contribution in [2.75, 3.05) is 13.2 Å². The highest BCUT2D eigenvalue weighted by Gasteiger charge is 2.24. The lowest BCUT2D eigenvalue weighted by atomic mass is 10.1. The Bertz CT molecular complexity index is 1820. The molecule has 5 rings (SSSR count). The highest BCUT2D eigenvalue weighted by molar-refractivity contribution is 5.97. The quantitative estimate of drug-likeness (QED) is 0.155. The van der Waals surface area contributed by atoms with E-state index < -0.39 is 22.4 Å². The van der Waals surface area contributed by atoms with Crippen LogP contribution >= 0.6 is 0 Å². The molecule has 40 heavy (non-hydrogen) atoms. The Morgan fingerprint density at radius 2 is 2.00 bits per heavy atom. The second-order valence-electron chi connectivity index (χ2n) is 9.56. The van der Waals surface area contributed by atoms with Crippen molar-refractivity contribution < 1.29 is 24.0 Å². The average molecular weight is 546 g/mol. The number of hydrogen-bond acceptors (Lipinski definition) is 8. The lowest BCUT2D eigenvalue weighted by molar-refractivity contribution is -0.385. The largest absolute Gasteiger partial charge is 0.462 e. The van der Waals surface area contributed by atoms with Gasteiger partial charge < -0.3 is 14.0 Å². The highest BCUT2D eigenvalue weighted by atomic mass is 16.6. The van der Waals surface area contributed by atoms with Crippen LogP contribution in [0.4, 0.5) is 5.69 Å². The van der Waals surface area contributed by atoms with Crippen molar-refractivity contribution in [1.29, 1.82) is 0 Å². The molecule has 1 aliphatic heterocycles. The van der Waals surface area contributed by atoms with Crippen molar-refractivity contribution in [1.82, 2.24) is 14.0 Å². The van der Waals surface area contributed by atoms with Gasteiger partial charge in [0, 0.05) is 30.0 Å². The molecule has 0 spiro atoms. The number of esters is 1. The molecule has 0 aliphatic carbocycles. The zero-order chi connectivity index (χ0) is 28.6. The van der Waals surface area contributed by atoms with Crippen molar-refractivity contribution in [3.05, 3.63) is 90.8 Å². The first-order chi connectivity index (χ1) is 19.2. The molecule has 0 unspecified atom stereocenters. The Labute approximate surface area is 227 Å². The van der Waals surface area contributed by atoms with Gasteiger partial charge in [-0.3, -0.25) is 24.1 Å². The summed E-state index contributed by atoms with van der Waals surface area (Å²) in [5, 5.41) is 11.6. The molecule has 206 valence electrons. The van der Waals surface area contributed by atoms with E-state index in [1.807, 2.05) is 13.0 Å². The van der Waals surface area contributed by atoms with Gasteiger partial charge in [0.05, 0.1) is 29.6 Å². The fourth-order valence-electron chi connectivity index (χ4n) is 4.83. The van der Waals surface area contributed by atoms with Crippen LogP contribution in [0.15, 0.2) is 52.4 Å². The van der Waals surface area contributed by atoms with E-state index in [1.165, 1.54) is 22.6 Å². The van der Waals surface area contributed by atoms with Crippen LogP contribution in [-0.2, 0) is 16.0 Å².